The SMILES string of the molecule is CC(C)C[C@H]1N[C@]2(c3ccccc3-n3c2nc2ccccc2c3=O)[C@H]2C(=O)N(c3cccc(C(F)(F)F)c3)C(=O)[C@@H]12. The van der Waals surface area contributed by atoms with Gasteiger partial charge in [-0.15, -0.1) is 0 Å². The number of rotatable bonds is 3. The molecule has 7 nitrogen and oxygen atoms in total. The molecule has 1 N–H and O–H groups in total. The van der Waals surface area contributed by atoms with Crippen molar-refractivity contribution in [2.45, 2.75) is 38.0 Å². The molecule has 208 valence electrons. The second kappa shape index (κ2) is 8.59. The number of amides is 2. The molecule has 0 unspecified atom stereocenters. The van der Waals surface area contributed by atoms with Gasteiger partial charge in [0.05, 0.1) is 39.7 Å². The zero-order valence-corrected chi connectivity index (χ0v) is 22.1. The molecule has 0 radical (unpaired) electrons. The number of hydrogen-bond acceptors (Lipinski definition) is 5. The fraction of sp³-hybridized carbons (Fsp3) is 0.290. The van der Waals surface area contributed by atoms with E-state index in [2.05, 4.69) is 5.32 Å². The summed E-state index contributed by atoms with van der Waals surface area (Å²) in [5.74, 6) is -2.65. The molecule has 2 amide bonds. The minimum atomic E-state index is -4.64. The van der Waals surface area contributed by atoms with Gasteiger partial charge in [-0.1, -0.05) is 50.2 Å². The van der Waals surface area contributed by atoms with Crippen molar-refractivity contribution in [3.63, 3.8) is 0 Å². The number of alkyl halides is 3. The number of benzene rings is 3. The fourth-order valence-corrected chi connectivity index (χ4v) is 7.01. The van der Waals surface area contributed by atoms with Crippen molar-refractivity contribution >= 4 is 28.4 Å². The predicted molar refractivity (Wildman–Crippen MR) is 145 cm³/mol. The largest absolute Gasteiger partial charge is 0.416 e. The third-order valence-electron chi connectivity index (χ3n) is 8.52. The minimum absolute atomic E-state index is 0.127. The van der Waals surface area contributed by atoms with Crippen molar-refractivity contribution in [2.24, 2.45) is 17.8 Å². The van der Waals surface area contributed by atoms with Crippen molar-refractivity contribution < 1.29 is 22.8 Å². The first-order valence-electron chi connectivity index (χ1n) is 13.5. The van der Waals surface area contributed by atoms with E-state index in [1.165, 1.54) is 16.7 Å². The van der Waals surface area contributed by atoms with Crippen molar-refractivity contribution in [2.75, 3.05) is 4.90 Å². The van der Waals surface area contributed by atoms with E-state index in [0.29, 0.717) is 34.4 Å². The summed E-state index contributed by atoms with van der Waals surface area (Å²) < 4.78 is 42.3. The summed E-state index contributed by atoms with van der Waals surface area (Å²) in [5.41, 5.74) is -1.07. The van der Waals surface area contributed by atoms with Gasteiger partial charge in [-0.2, -0.15) is 13.2 Å². The van der Waals surface area contributed by atoms with Crippen LogP contribution in [0.4, 0.5) is 18.9 Å². The number of aromatic nitrogens is 2. The first-order valence-corrected chi connectivity index (χ1v) is 13.5. The molecule has 41 heavy (non-hydrogen) atoms. The molecule has 4 heterocycles. The molecule has 7 rings (SSSR count). The molecule has 1 aromatic heterocycles. The Bertz CT molecular complexity index is 1830. The van der Waals surface area contributed by atoms with E-state index in [-0.39, 0.29) is 17.2 Å². The Morgan fingerprint density at radius 2 is 1.68 bits per heavy atom. The minimum Gasteiger partial charge on any atom is -0.297 e. The summed E-state index contributed by atoms with van der Waals surface area (Å²) >= 11 is 0. The maximum atomic E-state index is 14.4. The molecule has 0 bridgehead atoms. The van der Waals surface area contributed by atoms with Gasteiger partial charge in [0.2, 0.25) is 11.8 Å². The van der Waals surface area contributed by atoms with Gasteiger partial charge in [0.1, 0.15) is 11.4 Å². The maximum Gasteiger partial charge on any atom is 0.416 e. The van der Waals surface area contributed by atoms with Crippen LogP contribution in [0.1, 0.15) is 37.2 Å². The van der Waals surface area contributed by atoms with Gasteiger partial charge in [-0.05, 0) is 48.7 Å². The van der Waals surface area contributed by atoms with Crippen LogP contribution in [-0.2, 0) is 21.3 Å². The molecule has 4 atom stereocenters. The third kappa shape index (κ3) is 3.43. The Balaban J connectivity index is 1.49. The number of anilines is 1. The topological polar surface area (TPSA) is 84.3 Å². The average molecular weight is 559 g/mol. The number of para-hydroxylation sites is 2. The smallest absolute Gasteiger partial charge is 0.297 e. The van der Waals surface area contributed by atoms with E-state index < -0.39 is 47.0 Å². The third-order valence-corrected chi connectivity index (χ3v) is 8.52. The summed E-state index contributed by atoms with van der Waals surface area (Å²) in [6.45, 7) is 4.00. The maximum absolute atomic E-state index is 14.4. The summed E-state index contributed by atoms with van der Waals surface area (Å²) in [7, 11) is 0. The highest BCUT2D eigenvalue weighted by atomic mass is 19.4. The van der Waals surface area contributed by atoms with Crippen LogP contribution < -0.4 is 15.8 Å². The highest BCUT2D eigenvalue weighted by Crippen LogP contribution is 2.56. The molecule has 2 saturated heterocycles. The van der Waals surface area contributed by atoms with E-state index in [1.54, 1.807) is 42.5 Å². The Morgan fingerprint density at radius 3 is 2.44 bits per heavy atom. The summed E-state index contributed by atoms with van der Waals surface area (Å²) in [6, 6.07) is 17.9. The van der Waals surface area contributed by atoms with Crippen LogP contribution >= 0.6 is 0 Å². The fourth-order valence-electron chi connectivity index (χ4n) is 7.01. The molecule has 10 heteroatoms. The molecule has 3 aliphatic heterocycles. The number of halogens is 3. The second-order valence-electron chi connectivity index (χ2n) is 11.4. The number of hydrogen-bond donors (Lipinski definition) is 1. The molecule has 2 fully saturated rings. The number of carbonyl (C=O) groups is 2. The molecule has 0 saturated carbocycles. The van der Waals surface area contributed by atoms with Crippen molar-refractivity contribution in [1.29, 1.82) is 0 Å². The standard InChI is InChI=1S/C31H25F3N4O3/c1-16(2)14-22-24-25(28(41)37(27(24)40)18-9-7-8-17(15-18)31(32,33)34)30(36-22)20-11-4-6-13-23(20)38-26(39)19-10-3-5-12-21(19)35-29(30)38/h3-13,15-16,22,24-25,36H,14H2,1-2H3/t22-,24+,25-,30-/m1/s1. The van der Waals surface area contributed by atoms with Gasteiger partial charge in [0.15, 0.2) is 0 Å². The van der Waals surface area contributed by atoms with Crippen LogP contribution in [-0.4, -0.2) is 27.4 Å². The molecule has 3 aliphatic rings. The first kappa shape index (κ1) is 25.6. The lowest BCUT2D eigenvalue weighted by Gasteiger charge is -2.32. The molecule has 1 spiro atoms. The van der Waals surface area contributed by atoms with Gasteiger partial charge in [0, 0.05) is 11.6 Å². The number of nitrogens with zero attached hydrogens (tertiary/aromatic N) is 3. The van der Waals surface area contributed by atoms with Gasteiger partial charge in [-0.3, -0.25) is 24.3 Å². The summed E-state index contributed by atoms with van der Waals surface area (Å²) in [6.07, 6.45) is -4.12. The quantitative estimate of drug-likeness (QED) is 0.366. The zero-order valence-electron chi connectivity index (χ0n) is 22.1. The Morgan fingerprint density at radius 1 is 0.951 bits per heavy atom. The normalized spacial score (nSPS) is 24.9. The lowest BCUT2D eigenvalue weighted by atomic mass is 9.75. The van der Waals surface area contributed by atoms with Gasteiger partial charge in [0.25, 0.3) is 5.56 Å². The van der Waals surface area contributed by atoms with E-state index >= 15 is 0 Å². The monoisotopic (exact) mass is 558 g/mol. The summed E-state index contributed by atoms with van der Waals surface area (Å²) in [4.78, 5) is 48.1. The van der Waals surface area contributed by atoms with E-state index in [1.807, 2.05) is 19.9 Å². The molecule has 0 aliphatic carbocycles. The average Bonchev–Trinajstić information content (AvgIpc) is 3.51. The van der Waals surface area contributed by atoms with Gasteiger partial charge >= 0.3 is 6.18 Å². The van der Waals surface area contributed by atoms with Crippen LogP contribution in [0.2, 0.25) is 0 Å². The Labute approximate surface area is 232 Å². The van der Waals surface area contributed by atoms with E-state index in [0.717, 1.165) is 17.0 Å². The summed E-state index contributed by atoms with van der Waals surface area (Å²) in [5, 5.41) is 4.01. The van der Waals surface area contributed by atoms with Crippen molar-refractivity contribution in [3.05, 3.63) is 100 Å². The van der Waals surface area contributed by atoms with Crippen LogP contribution in [0.15, 0.2) is 77.6 Å². The molecular formula is C31H25F3N4O3. The van der Waals surface area contributed by atoms with E-state index in [4.69, 9.17) is 4.98 Å². The first-order chi connectivity index (χ1) is 19.5. The van der Waals surface area contributed by atoms with Crippen LogP contribution in [0.3, 0.4) is 0 Å². The predicted octanol–water partition coefficient (Wildman–Crippen LogP) is 4.79. The molecule has 4 aromatic rings. The Hall–Kier alpha value is -4.31. The van der Waals surface area contributed by atoms with Crippen LogP contribution in [0.5, 0.6) is 0 Å². The lowest BCUT2D eigenvalue weighted by Crippen LogP contribution is -2.50. The number of fused-ring (bicyclic) bond motifs is 8. The zero-order chi connectivity index (χ0) is 28.8. The van der Waals surface area contributed by atoms with Crippen molar-refractivity contribution in [1.82, 2.24) is 14.9 Å². The molecular weight excluding hydrogens is 533 g/mol. The highest BCUT2D eigenvalue weighted by Gasteiger charge is 2.69. The Kier molecular flexibility index (Phi) is 5.38. The molecule has 3 aromatic carbocycles. The van der Waals surface area contributed by atoms with Gasteiger partial charge in [-0.25, -0.2) is 9.88 Å². The number of nitrogens with one attached hydrogen (secondary N) is 1. The second-order valence-corrected chi connectivity index (χ2v) is 11.4. The van der Waals surface area contributed by atoms with Crippen molar-refractivity contribution in [3.8, 4) is 5.69 Å². The van der Waals surface area contributed by atoms with E-state index in [9.17, 15) is 27.6 Å². The highest BCUT2D eigenvalue weighted by molar-refractivity contribution is 6.23. The number of imide groups is 1. The van der Waals surface area contributed by atoms with Gasteiger partial charge < -0.3 is 0 Å². The van der Waals surface area contributed by atoms with Crippen LogP contribution in [0.25, 0.3) is 16.6 Å². The van der Waals surface area contributed by atoms with Crippen LogP contribution in [0, 0.1) is 17.8 Å². The lowest BCUT2D eigenvalue weighted by molar-refractivity contribution is -0.137. The number of carbonyl (C=O) groups excluding carboxylic acids is 2.